The van der Waals surface area contributed by atoms with Crippen LogP contribution < -0.4 is 0 Å². The highest BCUT2D eigenvalue weighted by Crippen LogP contribution is 2.27. The predicted molar refractivity (Wildman–Crippen MR) is 72.0 cm³/mol. The van der Waals surface area contributed by atoms with Crippen molar-refractivity contribution < 1.29 is 9.90 Å². The zero-order valence-corrected chi connectivity index (χ0v) is 10.6. The molecular weight excluding hydrogens is 240 g/mol. The Morgan fingerprint density at radius 3 is 3.00 bits per heavy atom. The van der Waals surface area contributed by atoms with Crippen LogP contribution in [0.2, 0.25) is 0 Å². The van der Waals surface area contributed by atoms with Gasteiger partial charge in [-0.2, -0.15) is 0 Å². The van der Waals surface area contributed by atoms with E-state index in [0.717, 1.165) is 23.5 Å². The fraction of sp³-hybridized carbons (Fsp3) is 0.333. The lowest BCUT2D eigenvalue weighted by molar-refractivity contribution is -0.137. The van der Waals surface area contributed by atoms with E-state index in [1.54, 1.807) is 6.20 Å². The lowest BCUT2D eigenvalue weighted by atomic mass is 10.0. The number of carboxylic acid groups (broad SMARTS) is 1. The molecule has 1 aliphatic carbocycles. The fourth-order valence-electron chi connectivity index (χ4n) is 2.60. The molecule has 0 amide bonds. The molecule has 3 rings (SSSR count). The predicted octanol–water partition coefficient (Wildman–Crippen LogP) is 2.58. The second-order valence-corrected chi connectivity index (χ2v) is 4.97. The molecular formula is C15H16N2O2. The average Bonchev–Trinajstić information content (AvgIpc) is 3.04. The molecule has 4 heteroatoms. The van der Waals surface area contributed by atoms with E-state index in [-0.39, 0.29) is 6.42 Å². The lowest BCUT2D eigenvalue weighted by Crippen LogP contribution is -1.98. The van der Waals surface area contributed by atoms with Gasteiger partial charge in [0.05, 0.1) is 18.3 Å². The van der Waals surface area contributed by atoms with E-state index >= 15 is 0 Å². The summed E-state index contributed by atoms with van der Waals surface area (Å²) in [5.74, 6) is -0.0617. The first kappa shape index (κ1) is 12.0. The number of carboxylic acids is 1. The van der Waals surface area contributed by atoms with Gasteiger partial charge in [-0.15, -0.1) is 0 Å². The average molecular weight is 256 g/mol. The first-order valence-corrected chi connectivity index (χ1v) is 6.60. The SMILES string of the molecule is O=C(O)CCc1ncc(-c2ccc3c(c2)CCC3)[nH]1. The smallest absolute Gasteiger partial charge is 0.303 e. The Morgan fingerprint density at radius 1 is 1.32 bits per heavy atom. The Balaban J connectivity index is 1.80. The number of H-pyrrole nitrogens is 1. The molecule has 2 N–H and O–H groups in total. The molecule has 19 heavy (non-hydrogen) atoms. The van der Waals surface area contributed by atoms with E-state index in [9.17, 15) is 4.79 Å². The minimum absolute atomic E-state index is 0.108. The second kappa shape index (κ2) is 4.88. The van der Waals surface area contributed by atoms with Gasteiger partial charge in [-0.1, -0.05) is 12.1 Å². The van der Waals surface area contributed by atoms with Crippen LogP contribution in [0.25, 0.3) is 11.3 Å². The van der Waals surface area contributed by atoms with Crippen molar-refractivity contribution >= 4 is 5.97 Å². The maximum absolute atomic E-state index is 10.5. The van der Waals surface area contributed by atoms with E-state index in [0.29, 0.717) is 6.42 Å². The van der Waals surface area contributed by atoms with Crippen LogP contribution in [0.4, 0.5) is 0 Å². The van der Waals surface area contributed by atoms with Crippen LogP contribution in [0.3, 0.4) is 0 Å². The number of aliphatic carboxylic acids is 1. The minimum atomic E-state index is -0.796. The number of hydrogen-bond donors (Lipinski definition) is 2. The molecule has 1 aromatic heterocycles. The molecule has 0 atom stereocenters. The van der Waals surface area contributed by atoms with Gasteiger partial charge < -0.3 is 10.1 Å². The van der Waals surface area contributed by atoms with Gasteiger partial charge in [0, 0.05) is 6.42 Å². The molecule has 1 heterocycles. The standard InChI is InChI=1S/C15H16N2O2/c18-15(19)7-6-14-16-9-13(17-14)12-5-4-10-2-1-3-11(10)8-12/h4-5,8-9H,1-3,6-7H2,(H,16,17)(H,18,19). The first-order valence-electron chi connectivity index (χ1n) is 6.60. The van der Waals surface area contributed by atoms with E-state index in [1.165, 1.54) is 24.0 Å². The Hall–Kier alpha value is -2.10. The summed E-state index contributed by atoms with van der Waals surface area (Å²) >= 11 is 0. The van der Waals surface area contributed by atoms with Crippen LogP contribution in [0.15, 0.2) is 24.4 Å². The molecule has 1 aromatic carbocycles. The normalized spacial score (nSPS) is 13.5. The summed E-state index contributed by atoms with van der Waals surface area (Å²) in [5, 5.41) is 8.66. The van der Waals surface area contributed by atoms with Gasteiger partial charge in [0.2, 0.25) is 0 Å². The first-order chi connectivity index (χ1) is 9.22. The van der Waals surface area contributed by atoms with Crippen molar-refractivity contribution in [3.8, 4) is 11.3 Å². The van der Waals surface area contributed by atoms with E-state index < -0.39 is 5.97 Å². The molecule has 0 radical (unpaired) electrons. The van der Waals surface area contributed by atoms with Crippen LogP contribution in [0, 0.1) is 0 Å². The van der Waals surface area contributed by atoms with Gasteiger partial charge in [0.1, 0.15) is 5.82 Å². The van der Waals surface area contributed by atoms with E-state index in [1.807, 2.05) is 0 Å². The number of nitrogens with zero attached hydrogens (tertiary/aromatic N) is 1. The van der Waals surface area contributed by atoms with Crippen molar-refractivity contribution in [3.05, 3.63) is 41.3 Å². The molecule has 0 bridgehead atoms. The Bertz CT molecular complexity index is 616. The van der Waals surface area contributed by atoms with Crippen molar-refractivity contribution in [3.63, 3.8) is 0 Å². The molecule has 0 aliphatic heterocycles. The highest BCUT2D eigenvalue weighted by Gasteiger charge is 2.12. The number of hydrogen-bond acceptors (Lipinski definition) is 2. The maximum Gasteiger partial charge on any atom is 0.303 e. The van der Waals surface area contributed by atoms with Crippen LogP contribution in [0.5, 0.6) is 0 Å². The molecule has 0 fully saturated rings. The van der Waals surface area contributed by atoms with E-state index in [4.69, 9.17) is 5.11 Å². The topological polar surface area (TPSA) is 66.0 Å². The van der Waals surface area contributed by atoms with Crippen molar-refractivity contribution in [1.82, 2.24) is 9.97 Å². The summed E-state index contributed by atoms with van der Waals surface area (Å²) in [6.07, 6.45) is 5.92. The Kier molecular flexibility index (Phi) is 3.07. The van der Waals surface area contributed by atoms with Gasteiger partial charge in [0.15, 0.2) is 0 Å². The van der Waals surface area contributed by atoms with Crippen LogP contribution in [0.1, 0.15) is 29.8 Å². The van der Waals surface area contributed by atoms with Crippen molar-refractivity contribution in [2.45, 2.75) is 32.1 Å². The van der Waals surface area contributed by atoms with Crippen molar-refractivity contribution in [2.24, 2.45) is 0 Å². The van der Waals surface area contributed by atoms with Crippen LogP contribution in [-0.2, 0) is 24.1 Å². The molecule has 0 spiro atoms. The zero-order chi connectivity index (χ0) is 13.2. The minimum Gasteiger partial charge on any atom is -0.481 e. The Labute approximate surface area is 111 Å². The summed E-state index contributed by atoms with van der Waals surface area (Å²) < 4.78 is 0. The number of rotatable bonds is 4. The summed E-state index contributed by atoms with van der Waals surface area (Å²) in [5.41, 5.74) is 4.98. The number of benzene rings is 1. The highest BCUT2D eigenvalue weighted by atomic mass is 16.4. The number of fused-ring (bicyclic) bond motifs is 1. The monoisotopic (exact) mass is 256 g/mol. The summed E-state index contributed by atoms with van der Waals surface area (Å²) in [7, 11) is 0. The highest BCUT2D eigenvalue weighted by molar-refractivity contribution is 5.67. The van der Waals surface area contributed by atoms with Gasteiger partial charge >= 0.3 is 5.97 Å². The van der Waals surface area contributed by atoms with Crippen LogP contribution in [-0.4, -0.2) is 21.0 Å². The van der Waals surface area contributed by atoms with Gasteiger partial charge in [-0.25, -0.2) is 4.98 Å². The second-order valence-electron chi connectivity index (χ2n) is 4.97. The van der Waals surface area contributed by atoms with Crippen molar-refractivity contribution in [2.75, 3.05) is 0 Å². The molecule has 0 saturated carbocycles. The molecule has 0 unspecified atom stereocenters. The molecule has 0 saturated heterocycles. The van der Waals surface area contributed by atoms with E-state index in [2.05, 4.69) is 28.2 Å². The number of aromatic amines is 1. The number of aromatic nitrogens is 2. The summed E-state index contributed by atoms with van der Waals surface area (Å²) in [6, 6.07) is 6.52. The van der Waals surface area contributed by atoms with Gasteiger partial charge in [-0.05, 0) is 42.0 Å². The Morgan fingerprint density at radius 2 is 2.16 bits per heavy atom. The molecule has 98 valence electrons. The number of nitrogens with one attached hydrogen (secondary N) is 1. The number of carbonyl (C=O) groups is 1. The zero-order valence-electron chi connectivity index (χ0n) is 10.6. The molecule has 1 aliphatic rings. The molecule has 2 aromatic rings. The molecule has 4 nitrogen and oxygen atoms in total. The lowest BCUT2D eigenvalue weighted by Gasteiger charge is -2.02. The third kappa shape index (κ3) is 2.52. The van der Waals surface area contributed by atoms with Crippen molar-refractivity contribution in [1.29, 1.82) is 0 Å². The van der Waals surface area contributed by atoms with Gasteiger partial charge in [0.25, 0.3) is 0 Å². The third-order valence-corrected chi connectivity index (χ3v) is 3.61. The third-order valence-electron chi connectivity index (χ3n) is 3.61. The van der Waals surface area contributed by atoms with Gasteiger partial charge in [-0.3, -0.25) is 4.79 Å². The maximum atomic E-state index is 10.5. The van der Waals surface area contributed by atoms with Crippen LogP contribution >= 0.6 is 0 Å². The quantitative estimate of drug-likeness (QED) is 0.883. The number of imidazole rings is 1. The summed E-state index contributed by atoms with van der Waals surface area (Å²) in [4.78, 5) is 18.0. The number of aryl methyl sites for hydroxylation is 3. The summed E-state index contributed by atoms with van der Waals surface area (Å²) in [6.45, 7) is 0. The largest absolute Gasteiger partial charge is 0.481 e. The fourth-order valence-corrected chi connectivity index (χ4v) is 2.60.